The number of carbonyl (C=O) groups is 1. The Labute approximate surface area is 152 Å². The molecule has 0 aliphatic heterocycles. The lowest BCUT2D eigenvalue weighted by molar-refractivity contribution is -0.384. The number of rotatable bonds is 5. The van der Waals surface area contributed by atoms with Gasteiger partial charge in [-0.3, -0.25) is 14.9 Å². The monoisotopic (exact) mass is 373 g/mol. The van der Waals surface area contributed by atoms with Crippen LogP contribution in [0.5, 0.6) is 0 Å². The molecule has 0 radical (unpaired) electrons. The zero-order valence-electron chi connectivity index (χ0n) is 12.8. The van der Waals surface area contributed by atoms with Gasteiger partial charge >= 0.3 is 0 Å². The molecule has 0 atom stereocenters. The van der Waals surface area contributed by atoms with E-state index in [4.69, 9.17) is 11.6 Å². The van der Waals surface area contributed by atoms with Crippen LogP contribution in [0.1, 0.15) is 5.69 Å². The number of hydrogen-bond acceptors (Lipinski definition) is 5. The molecule has 1 heterocycles. The second-order valence-corrected chi connectivity index (χ2v) is 6.48. The van der Waals surface area contributed by atoms with Gasteiger partial charge in [0.05, 0.1) is 17.0 Å². The molecule has 2 aromatic carbocycles. The smallest absolute Gasteiger partial charge is 0.269 e. The molecule has 0 aliphatic carbocycles. The first-order valence-corrected chi connectivity index (χ1v) is 8.52. The minimum absolute atomic E-state index is 0.0244. The number of non-ortho nitro benzene ring substituents is 1. The van der Waals surface area contributed by atoms with Gasteiger partial charge in [0, 0.05) is 33.8 Å². The summed E-state index contributed by atoms with van der Waals surface area (Å²) in [6.45, 7) is 0. The zero-order valence-corrected chi connectivity index (χ0v) is 14.4. The van der Waals surface area contributed by atoms with Crippen molar-refractivity contribution in [3.05, 3.63) is 74.7 Å². The molecule has 1 N–H and O–H groups in total. The number of benzene rings is 2. The minimum Gasteiger partial charge on any atom is -0.326 e. The molecule has 1 amide bonds. The second-order valence-electron chi connectivity index (χ2n) is 5.18. The fourth-order valence-corrected chi connectivity index (χ4v) is 3.19. The van der Waals surface area contributed by atoms with Crippen LogP contribution < -0.4 is 5.32 Å². The molecule has 0 saturated heterocycles. The molecule has 0 saturated carbocycles. The lowest BCUT2D eigenvalue weighted by Gasteiger charge is -2.03. The molecule has 3 rings (SSSR count). The number of amides is 1. The molecule has 0 unspecified atom stereocenters. The Balaban J connectivity index is 1.64. The lowest BCUT2D eigenvalue weighted by atomic mass is 10.2. The molecule has 8 heteroatoms. The number of thiazole rings is 1. The van der Waals surface area contributed by atoms with E-state index in [9.17, 15) is 14.9 Å². The third-order valence-electron chi connectivity index (χ3n) is 3.33. The Bertz CT molecular complexity index is 925. The van der Waals surface area contributed by atoms with Crippen LogP contribution >= 0.6 is 22.9 Å². The normalized spacial score (nSPS) is 10.4. The van der Waals surface area contributed by atoms with Crippen LogP contribution in [0.15, 0.2) is 53.9 Å². The van der Waals surface area contributed by atoms with Crippen molar-refractivity contribution in [2.24, 2.45) is 0 Å². The summed E-state index contributed by atoms with van der Waals surface area (Å²) in [5.74, 6) is -0.239. The number of carbonyl (C=O) groups excluding carboxylic acids is 1. The highest BCUT2D eigenvalue weighted by molar-refractivity contribution is 7.13. The van der Waals surface area contributed by atoms with E-state index >= 15 is 0 Å². The van der Waals surface area contributed by atoms with E-state index in [1.807, 2.05) is 23.6 Å². The summed E-state index contributed by atoms with van der Waals surface area (Å²) in [5.41, 5.74) is 2.03. The summed E-state index contributed by atoms with van der Waals surface area (Å²) >= 11 is 7.42. The third kappa shape index (κ3) is 4.40. The third-order valence-corrected chi connectivity index (χ3v) is 4.50. The number of nitrogens with one attached hydrogen (secondary N) is 1. The van der Waals surface area contributed by atoms with Crippen LogP contribution in [-0.2, 0) is 11.2 Å². The van der Waals surface area contributed by atoms with Crippen LogP contribution in [0, 0.1) is 10.1 Å². The Kier molecular flexibility index (Phi) is 5.06. The van der Waals surface area contributed by atoms with Gasteiger partial charge in [0.15, 0.2) is 0 Å². The molecule has 0 fully saturated rings. The molecule has 3 aromatic rings. The summed E-state index contributed by atoms with van der Waals surface area (Å²) in [6.07, 6.45) is 0.119. The Morgan fingerprint density at radius 1 is 1.24 bits per heavy atom. The van der Waals surface area contributed by atoms with E-state index in [1.54, 1.807) is 6.07 Å². The van der Waals surface area contributed by atoms with Crippen LogP contribution in [0.2, 0.25) is 5.02 Å². The number of nitro groups is 1. The molecule has 1 aromatic heterocycles. The van der Waals surface area contributed by atoms with E-state index in [1.165, 1.54) is 35.6 Å². The van der Waals surface area contributed by atoms with Crippen molar-refractivity contribution in [1.82, 2.24) is 4.98 Å². The molecular weight excluding hydrogens is 362 g/mol. The highest BCUT2D eigenvalue weighted by Gasteiger charge is 2.11. The van der Waals surface area contributed by atoms with Crippen molar-refractivity contribution >= 4 is 40.2 Å². The van der Waals surface area contributed by atoms with Crippen molar-refractivity contribution < 1.29 is 9.72 Å². The van der Waals surface area contributed by atoms with Crippen LogP contribution in [0.4, 0.5) is 11.4 Å². The average Bonchev–Trinajstić information content (AvgIpc) is 3.03. The highest BCUT2D eigenvalue weighted by Crippen LogP contribution is 2.26. The highest BCUT2D eigenvalue weighted by atomic mass is 35.5. The first kappa shape index (κ1) is 17.1. The summed E-state index contributed by atoms with van der Waals surface area (Å²) < 4.78 is 0. The molecule has 126 valence electrons. The first-order valence-electron chi connectivity index (χ1n) is 7.26. The molecule has 0 spiro atoms. The van der Waals surface area contributed by atoms with Gasteiger partial charge in [0.1, 0.15) is 5.01 Å². The topological polar surface area (TPSA) is 85.1 Å². The van der Waals surface area contributed by atoms with Gasteiger partial charge in [-0.1, -0.05) is 23.7 Å². The number of aromatic nitrogens is 1. The summed E-state index contributed by atoms with van der Waals surface area (Å²) in [4.78, 5) is 26.7. The number of hydrogen-bond donors (Lipinski definition) is 1. The van der Waals surface area contributed by atoms with Crippen molar-refractivity contribution in [2.75, 3.05) is 5.32 Å². The molecule has 0 aliphatic rings. The van der Waals surface area contributed by atoms with Crippen LogP contribution in [-0.4, -0.2) is 15.8 Å². The van der Waals surface area contributed by atoms with Crippen molar-refractivity contribution in [2.45, 2.75) is 6.42 Å². The van der Waals surface area contributed by atoms with Crippen LogP contribution in [0.25, 0.3) is 10.6 Å². The van der Waals surface area contributed by atoms with E-state index in [-0.39, 0.29) is 18.0 Å². The predicted molar refractivity (Wildman–Crippen MR) is 98.0 cm³/mol. The SMILES string of the molecule is O=C(Cc1csc(-c2cccc(Cl)c2)n1)Nc1ccc([N+](=O)[O-])cc1. The van der Waals surface area contributed by atoms with E-state index in [0.717, 1.165) is 10.6 Å². The van der Waals surface area contributed by atoms with Gasteiger partial charge in [-0.15, -0.1) is 11.3 Å². The number of nitro benzene ring substituents is 1. The quantitative estimate of drug-likeness (QED) is 0.525. The molecule has 0 bridgehead atoms. The molecule has 6 nitrogen and oxygen atoms in total. The zero-order chi connectivity index (χ0) is 17.8. The maximum atomic E-state index is 12.1. The summed E-state index contributed by atoms with van der Waals surface area (Å²) in [5, 5.41) is 16.6. The maximum Gasteiger partial charge on any atom is 0.269 e. The summed E-state index contributed by atoms with van der Waals surface area (Å²) in [7, 11) is 0. The average molecular weight is 374 g/mol. The fraction of sp³-hybridized carbons (Fsp3) is 0.0588. The van der Waals surface area contributed by atoms with Crippen molar-refractivity contribution in [1.29, 1.82) is 0 Å². The lowest BCUT2D eigenvalue weighted by Crippen LogP contribution is -2.14. The van der Waals surface area contributed by atoms with Gasteiger partial charge in [0.25, 0.3) is 5.69 Å². The number of halogens is 1. The van der Waals surface area contributed by atoms with E-state index in [0.29, 0.717) is 16.4 Å². The Hall–Kier alpha value is -2.77. The predicted octanol–water partition coefficient (Wildman–Crippen LogP) is 4.55. The second kappa shape index (κ2) is 7.42. The summed E-state index contributed by atoms with van der Waals surface area (Å²) in [6, 6.07) is 13.0. The van der Waals surface area contributed by atoms with Crippen molar-refractivity contribution in [3.8, 4) is 10.6 Å². The molecular formula is C17H12ClN3O3S. The maximum absolute atomic E-state index is 12.1. The number of anilines is 1. The van der Waals surface area contributed by atoms with Gasteiger partial charge < -0.3 is 5.32 Å². The standard InChI is InChI=1S/C17H12ClN3O3S/c18-12-3-1-2-11(8-12)17-20-14(10-25-17)9-16(22)19-13-4-6-15(7-5-13)21(23)24/h1-8,10H,9H2,(H,19,22). The van der Waals surface area contributed by atoms with Crippen molar-refractivity contribution in [3.63, 3.8) is 0 Å². The van der Waals surface area contributed by atoms with Crippen LogP contribution in [0.3, 0.4) is 0 Å². The van der Waals surface area contributed by atoms with E-state index < -0.39 is 4.92 Å². The van der Waals surface area contributed by atoms with Gasteiger partial charge in [-0.25, -0.2) is 4.98 Å². The largest absolute Gasteiger partial charge is 0.326 e. The van der Waals surface area contributed by atoms with Gasteiger partial charge in [-0.2, -0.15) is 0 Å². The number of nitrogens with zero attached hydrogens (tertiary/aromatic N) is 2. The van der Waals surface area contributed by atoms with Gasteiger partial charge in [-0.05, 0) is 24.3 Å². The first-order chi connectivity index (χ1) is 12.0. The van der Waals surface area contributed by atoms with Gasteiger partial charge in [0.2, 0.25) is 5.91 Å². The fourth-order valence-electron chi connectivity index (χ4n) is 2.18. The Morgan fingerprint density at radius 3 is 2.68 bits per heavy atom. The van der Waals surface area contributed by atoms with E-state index in [2.05, 4.69) is 10.3 Å². The molecule has 25 heavy (non-hydrogen) atoms. The Morgan fingerprint density at radius 2 is 2.00 bits per heavy atom. The minimum atomic E-state index is -0.488.